The minimum Gasteiger partial charge on any atom is -0.493 e. The fourth-order valence-electron chi connectivity index (χ4n) is 3.81. The Balaban J connectivity index is 2.45. The Morgan fingerprint density at radius 3 is 2.00 bits per heavy atom. The second kappa shape index (κ2) is 7.98. The first-order chi connectivity index (χ1) is 13.9. The number of amides is 1. The third kappa shape index (κ3) is 3.24. The third-order valence-corrected chi connectivity index (χ3v) is 5.24. The quantitative estimate of drug-likeness (QED) is 0.809. The van der Waals surface area contributed by atoms with Crippen molar-refractivity contribution in [2.75, 3.05) is 35.5 Å². The van der Waals surface area contributed by atoms with Crippen LogP contribution in [-0.2, 0) is 6.54 Å². The molecule has 0 bridgehead atoms. The Kier molecular flexibility index (Phi) is 5.63. The van der Waals surface area contributed by atoms with Crippen molar-refractivity contribution in [3.63, 3.8) is 0 Å². The monoisotopic (exact) mass is 403 g/mol. The van der Waals surface area contributed by atoms with Crippen molar-refractivity contribution < 1.29 is 33.6 Å². The van der Waals surface area contributed by atoms with Crippen LogP contribution in [0.2, 0.25) is 0 Å². The maximum absolute atomic E-state index is 12.0. The molecule has 0 radical (unpaired) electrons. The predicted octanol–water partition coefficient (Wildman–Crippen LogP) is 3.95. The number of hydrogen-bond acceptors (Lipinski definition) is 6. The van der Waals surface area contributed by atoms with Gasteiger partial charge in [0.05, 0.1) is 48.1 Å². The Hall–Kier alpha value is -3.29. The van der Waals surface area contributed by atoms with Crippen LogP contribution in [0, 0.1) is 0 Å². The van der Waals surface area contributed by atoms with Gasteiger partial charge in [-0.1, -0.05) is 0 Å². The molecule has 1 heterocycles. The van der Waals surface area contributed by atoms with Crippen LogP contribution in [-0.4, -0.2) is 51.6 Å². The summed E-state index contributed by atoms with van der Waals surface area (Å²) in [6.07, 6.45) is -1.03. The van der Waals surface area contributed by atoms with Crippen LogP contribution in [0.15, 0.2) is 18.2 Å². The number of carbonyl (C=O) groups is 1. The molecule has 2 aromatic rings. The molecule has 1 amide bonds. The molecular weight excluding hydrogens is 378 g/mol. The van der Waals surface area contributed by atoms with Crippen molar-refractivity contribution >= 4 is 6.09 Å². The molecule has 156 valence electrons. The lowest BCUT2D eigenvalue weighted by Gasteiger charge is -2.26. The van der Waals surface area contributed by atoms with E-state index in [1.807, 2.05) is 13.0 Å². The SMILES string of the molecule is COc1cc2c(cc1OC)C(C)N(C(=O)O)Cc1cc(OC)c(OC)c(OC)c1-2. The molecule has 2 aromatic carbocycles. The van der Waals surface area contributed by atoms with Crippen molar-refractivity contribution in [2.24, 2.45) is 0 Å². The molecule has 1 aliphatic heterocycles. The van der Waals surface area contributed by atoms with Crippen molar-refractivity contribution in [1.82, 2.24) is 4.90 Å². The van der Waals surface area contributed by atoms with E-state index in [9.17, 15) is 9.90 Å². The summed E-state index contributed by atoms with van der Waals surface area (Å²) >= 11 is 0. The normalized spacial score (nSPS) is 15.0. The number of hydrogen-bond donors (Lipinski definition) is 1. The van der Waals surface area contributed by atoms with E-state index < -0.39 is 12.1 Å². The first-order valence-corrected chi connectivity index (χ1v) is 8.99. The van der Waals surface area contributed by atoms with E-state index in [1.54, 1.807) is 33.5 Å². The second-order valence-corrected chi connectivity index (χ2v) is 6.56. The fraction of sp³-hybridized carbons (Fsp3) is 0.381. The van der Waals surface area contributed by atoms with Crippen molar-refractivity contribution in [1.29, 1.82) is 0 Å². The fourth-order valence-corrected chi connectivity index (χ4v) is 3.81. The molecule has 0 saturated carbocycles. The Labute approximate surface area is 169 Å². The van der Waals surface area contributed by atoms with Gasteiger partial charge in [0, 0.05) is 5.56 Å². The van der Waals surface area contributed by atoms with Crippen LogP contribution in [0.3, 0.4) is 0 Å². The number of rotatable bonds is 5. The molecule has 3 rings (SSSR count). The summed E-state index contributed by atoms with van der Waals surface area (Å²) in [5, 5.41) is 9.85. The molecule has 1 aliphatic rings. The first-order valence-electron chi connectivity index (χ1n) is 8.99. The van der Waals surface area contributed by atoms with Gasteiger partial charge in [0.15, 0.2) is 23.0 Å². The largest absolute Gasteiger partial charge is 0.493 e. The zero-order valence-corrected chi connectivity index (χ0v) is 17.4. The highest BCUT2D eigenvalue weighted by Crippen LogP contribution is 2.52. The molecule has 0 spiro atoms. The van der Waals surface area contributed by atoms with Gasteiger partial charge in [-0.05, 0) is 41.8 Å². The van der Waals surface area contributed by atoms with Gasteiger partial charge in [-0.3, -0.25) is 4.90 Å². The summed E-state index contributed by atoms with van der Waals surface area (Å²) in [6, 6.07) is 4.99. The number of nitrogens with zero attached hydrogens (tertiary/aromatic N) is 1. The number of fused-ring (bicyclic) bond motifs is 3. The summed E-state index contributed by atoms with van der Waals surface area (Å²) in [6.45, 7) is 1.99. The van der Waals surface area contributed by atoms with Crippen LogP contribution >= 0.6 is 0 Å². The molecule has 0 aromatic heterocycles. The van der Waals surface area contributed by atoms with Crippen molar-refractivity contribution in [3.8, 4) is 39.9 Å². The lowest BCUT2D eigenvalue weighted by molar-refractivity contribution is 0.125. The van der Waals surface area contributed by atoms with Gasteiger partial charge >= 0.3 is 6.09 Å². The van der Waals surface area contributed by atoms with E-state index in [1.165, 1.54) is 19.1 Å². The predicted molar refractivity (Wildman–Crippen MR) is 107 cm³/mol. The van der Waals surface area contributed by atoms with E-state index in [-0.39, 0.29) is 6.54 Å². The lowest BCUT2D eigenvalue weighted by atomic mass is 9.92. The zero-order valence-electron chi connectivity index (χ0n) is 17.4. The summed E-state index contributed by atoms with van der Waals surface area (Å²) in [5.74, 6) is 2.42. The molecule has 29 heavy (non-hydrogen) atoms. The third-order valence-electron chi connectivity index (χ3n) is 5.24. The van der Waals surface area contributed by atoms with Crippen molar-refractivity contribution in [3.05, 3.63) is 29.3 Å². The molecule has 0 fully saturated rings. The molecule has 0 saturated heterocycles. The minimum absolute atomic E-state index is 0.155. The average molecular weight is 403 g/mol. The Morgan fingerprint density at radius 2 is 1.48 bits per heavy atom. The summed E-state index contributed by atoms with van der Waals surface area (Å²) in [7, 11) is 7.70. The molecule has 8 heteroatoms. The standard InChI is InChI=1S/C21H25NO7/c1-11-13-8-15(25-2)16(26-3)9-14(13)18-12(10-22(11)21(23)24)7-17(27-4)19(28-5)20(18)29-6/h7-9,11H,10H2,1-6H3,(H,23,24). The van der Waals surface area contributed by atoms with Crippen LogP contribution < -0.4 is 23.7 Å². The van der Waals surface area contributed by atoms with Crippen LogP contribution in [0.5, 0.6) is 28.7 Å². The summed E-state index contributed by atoms with van der Waals surface area (Å²) in [5.41, 5.74) is 3.03. The maximum Gasteiger partial charge on any atom is 0.408 e. The van der Waals surface area contributed by atoms with E-state index in [0.717, 1.165) is 22.3 Å². The minimum atomic E-state index is -1.03. The van der Waals surface area contributed by atoms with Gasteiger partial charge in [-0.25, -0.2) is 4.79 Å². The molecule has 1 unspecified atom stereocenters. The van der Waals surface area contributed by atoms with E-state index in [0.29, 0.717) is 28.7 Å². The molecule has 1 atom stereocenters. The summed E-state index contributed by atoms with van der Waals surface area (Å²) in [4.78, 5) is 13.4. The number of ether oxygens (including phenoxy) is 5. The number of benzene rings is 2. The highest BCUT2D eigenvalue weighted by Gasteiger charge is 2.34. The molecule has 0 aliphatic carbocycles. The highest BCUT2D eigenvalue weighted by atomic mass is 16.5. The topological polar surface area (TPSA) is 86.7 Å². The highest BCUT2D eigenvalue weighted by molar-refractivity contribution is 5.85. The Bertz CT molecular complexity index is 941. The van der Waals surface area contributed by atoms with Crippen LogP contribution in [0.1, 0.15) is 24.1 Å². The van der Waals surface area contributed by atoms with E-state index in [4.69, 9.17) is 23.7 Å². The average Bonchev–Trinajstić information content (AvgIpc) is 2.85. The zero-order chi connectivity index (χ0) is 21.3. The number of methoxy groups -OCH3 is 5. The summed E-state index contributed by atoms with van der Waals surface area (Å²) < 4.78 is 27.7. The smallest absolute Gasteiger partial charge is 0.408 e. The second-order valence-electron chi connectivity index (χ2n) is 6.56. The maximum atomic E-state index is 12.0. The molecule has 1 N–H and O–H groups in total. The Morgan fingerprint density at radius 1 is 0.897 bits per heavy atom. The van der Waals surface area contributed by atoms with Gasteiger partial charge in [0.25, 0.3) is 0 Å². The van der Waals surface area contributed by atoms with E-state index in [2.05, 4.69) is 0 Å². The van der Waals surface area contributed by atoms with Gasteiger partial charge < -0.3 is 28.8 Å². The van der Waals surface area contributed by atoms with Gasteiger partial charge in [-0.15, -0.1) is 0 Å². The van der Waals surface area contributed by atoms with Crippen molar-refractivity contribution in [2.45, 2.75) is 19.5 Å². The van der Waals surface area contributed by atoms with Gasteiger partial charge in [0.1, 0.15) is 0 Å². The lowest BCUT2D eigenvalue weighted by Crippen LogP contribution is -2.31. The van der Waals surface area contributed by atoms with Gasteiger partial charge in [0.2, 0.25) is 5.75 Å². The number of carboxylic acid groups (broad SMARTS) is 1. The molecular formula is C21H25NO7. The molecule has 8 nitrogen and oxygen atoms in total. The van der Waals surface area contributed by atoms with Gasteiger partial charge in [-0.2, -0.15) is 0 Å². The van der Waals surface area contributed by atoms with Crippen LogP contribution in [0.25, 0.3) is 11.1 Å². The van der Waals surface area contributed by atoms with Crippen LogP contribution in [0.4, 0.5) is 4.79 Å². The first kappa shape index (κ1) is 20.4. The van der Waals surface area contributed by atoms with E-state index >= 15 is 0 Å².